The number of hydrogen-bond acceptors (Lipinski definition) is 4. The molecule has 0 aliphatic carbocycles. The van der Waals surface area contributed by atoms with Gasteiger partial charge in [0.1, 0.15) is 22.8 Å². The maximum absolute atomic E-state index is 12.8. The van der Waals surface area contributed by atoms with Crippen molar-refractivity contribution >= 4 is 5.91 Å². The van der Waals surface area contributed by atoms with Crippen molar-refractivity contribution < 1.29 is 14.1 Å². The molecule has 1 N–H and O–H groups in total. The van der Waals surface area contributed by atoms with Crippen molar-refractivity contribution in [3.63, 3.8) is 0 Å². The average molecular weight is 336 g/mol. The van der Waals surface area contributed by atoms with Crippen LogP contribution in [0.25, 0.3) is 11.3 Å². The number of methoxy groups -OCH3 is 1. The van der Waals surface area contributed by atoms with Crippen molar-refractivity contribution in [2.75, 3.05) is 7.11 Å². The van der Waals surface area contributed by atoms with Crippen LogP contribution in [-0.4, -0.2) is 18.2 Å². The number of nitrogens with zero attached hydrogens (tertiary/aromatic N) is 1. The van der Waals surface area contributed by atoms with Gasteiger partial charge >= 0.3 is 0 Å². The van der Waals surface area contributed by atoms with Gasteiger partial charge in [-0.1, -0.05) is 47.6 Å². The number of benzene rings is 2. The Morgan fingerprint density at radius 2 is 1.92 bits per heavy atom. The van der Waals surface area contributed by atoms with Crippen molar-refractivity contribution in [1.29, 1.82) is 0 Å². The zero-order chi connectivity index (χ0) is 17.8. The third kappa shape index (κ3) is 3.55. The number of aryl methyl sites for hydroxylation is 1. The standard InChI is InChI=1S/C20H20N2O3/c1-13(16-10-7-11-17(12-16)24-3)21-20(23)18-14(2)25-22-19(18)15-8-5-4-6-9-15/h4-13H,1-3H3,(H,21,23)/t13-/m1/s1. The maximum Gasteiger partial charge on any atom is 0.257 e. The highest BCUT2D eigenvalue weighted by Gasteiger charge is 2.23. The lowest BCUT2D eigenvalue weighted by Crippen LogP contribution is -2.27. The molecule has 1 heterocycles. The summed E-state index contributed by atoms with van der Waals surface area (Å²) in [5.74, 6) is 1.03. The molecule has 0 fully saturated rings. The third-order valence-electron chi connectivity index (χ3n) is 4.08. The normalized spacial score (nSPS) is 11.8. The number of carbonyl (C=O) groups is 1. The first kappa shape index (κ1) is 16.8. The monoisotopic (exact) mass is 336 g/mol. The molecule has 1 atom stereocenters. The summed E-state index contributed by atoms with van der Waals surface area (Å²) < 4.78 is 10.5. The second-order valence-corrected chi connectivity index (χ2v) is 5.80. The molecule has 2 aromatic carbocycles. The summed E-state index contributed by atoms with van der Waals surface area (Å²) in [4.78, 5) is 12.8. The molecule has 0 bridgehead atoms. The number of aromatic nitrogens is 1. The van der Waals surface area contributed by atoms with Gasteiger partial charge in [-0.25, -0.2) is 0 Å². The molecule has 0 radical (unpaired) electrons. The van der Waals surface area contributed by atoms with E-state index in [0.29, 0.717) is 17.0 Å². The molecule has 0 aliphatic rings. The molecule has 5 nitrogen and oxygen atoms in total. The Bertz CT molecular complexity index is 872. The lowest BCUT2D eigenvalue weighted by atomic mass is 10.0. The van der Waals surface area contributed by atoms with Gasteiger partial charge in [-0.15, -0.1) is 0 Å². The summed E-state index contributed by atoms with van der Waals surface area (Å²) in [6.45, 7) is 3.67. The molecule has 1 amide bonds. The number of ether oxygens (including phenoxy) is 1. The minimum atomic E-state index is -0.215. The Labute approximate surface area is 146 Å². The van der Waals surface area contributed by atoms with Gasteiger partial charge in [0.2, 0.25) is 0 Å². The van der Waals surface area contributed by atoms with E-state index < -0.39 is 0 Å². The van der Waals surface area contributed by atoms with Crippen LogP contribution in [-0.2, 0) is 0 Å². The second kappa shape index (κ2) is 7.21. The van der Waals surface area contributed by atoms with E-state index in [0.717, 1.165) is 16.9 Å². The Morgan fingerprint density at radius 1 is 1.16 bits per heavy atom. The van der Waals surface area contributed by atoms with E-state index in [1.807, 2.05) is 61.5 Å². The lowest BCUT2D eigenvalue weighted by Gasteiger charge is -2.15. The quantitative estimate of drug-likeness (QED) is 0.760. The fourth-order valence-corrected chi connectivity index (χ4v) is 2.70. The van der Waals surface area contributed by atoms with E-state index >= 15 is 0 Å². The maximum atomic E-state index is 12.8. The molecule has 0 aliphatic heterocycles. The van der Waals surface area contributed by atoms with Gasteiger partial charge in [0.15, 0.2) is 0 Å². The molecule has 5 heteroatoms. The molecule has 0 spiro atoms. The number of amides is 1. The van der Waals surface area contributed by atoms with E-state index in [9.17, 15) is 4.79 Å². The molecule has 25 heavy (non-hydrogen) atoms. The Kier molecular flexibility index (Phi) is 4.84. The van der Waals surface area contributed by atoms with Crippen molar-refractivity contribution in [2.45, 2.75) is 19.9 Å². The van der Waals surface area contributed by atoms with Gasteiger partial charge in [-0.2, -0.15) is 0 Å². The summed E-state index contributed by atoms with van der Waals surface area (Å²) in [6.07, 6.45) is 0. The smallest absolute Gasteiger partial charge is 0.257 e. The van der Waals surface area contributed by atoms with Gasteiger partial charge in [0, 0.05) is 5.56 Å². The first-order valence-corrected chi connectivity index (χ1v) is 8.06. The van der Waals surface area contributed by atoms with Crippen molar-refractivity contribution in [2.24, 2.45) is 0 Å². The van der Waals surface area contributed by atoms with Crippen LogP contribution in [0.3, 0.4) is 0 Å². The molecule has 128 valence electrons. The zero-order valence-electron chi connectivity index (χ0n) is 14.4. The topological polar surface area (TPSA) is 64.4 Å². The summed E-state index contributed by atoms with van der Waals surface area (Å²) in [7, 11) is 1.62. The van der Waals surface area contributed by atoms with Crippen LogP contribution in [0.1, 0.15) is 34.6 Å². The van der Waals surface area contributed by atoms with Crippen molar-refractivity contribution in [3.05, 3.63) is 71.5 Å². The summed E-state index contributed by atoms with van der Waals surface area (Å²) in [5, 5.41) is 7.07. The molecule has 0 unspecified atom stereocenters. The second-order valence-electron chi connectivity index (χ2n) is 5.80. The first-order valence-electron chi connectivity index (χ1n) is 8.06. The number of nitrogens with one attached hydrogen (secondary N) is 1. The third-order valence-corrected chi connectivity index (χ3v) is 4.08. The summed E-state index contributed by atoms with van der Waals surface area (Å²) in [6, 6.07) is 17.0. The predicted octanol–water partition coefficient (Wildman–Crippen LogP) is 4.15. The van der Waals surface area contributed by atoms with Gasteiger partial charge in [0.25, 0.3) is 5.91 Å². The predicted molar refractivity (Wildman–Crippen MR) is 95.6 cm³/mol. The van der Waals surface area contributed by atoms with E-state index in [4.69, 9.17) is 9.26 Å². The highest BCUT2D eigenvalue weighted by Crippen LogP contribution is 2.26. The molecular weight excluding hydrogens is 316 g/mol. The van der Waals surface area contributed by atoms with Crippen LogP contribution in [0.15, 0.2) is 59.1 Å². The van der Waals surface area contributed by atoms with Crippen LogP contribution in [0.2, 0.25) is 0 Å². The highest BCUT2D eigenvalue weighted by atomic mass is 16.5. The number of hydrogen-bond donors (Lipinski definition) is 1. The van der Waals surface area contributed by atoms with Crippen molar-refractivity contribution in [1.82, 2.24) is 10.5 Å². The first-order chi connectivity index (χ1) is 12.1. The van der Waals surface area contributed by atoms with E-state index in [1.165, 1.54) is 0 Å². The minimum absolute atomic E-state index is 0.180. The molecule has 0 saturated carbocycles. The molecule has 3 aromatic rings. The molecule has 0 saturated heterocycles. The SMILES string of the molecule is COc1cccc([C@@H](C)NC(=O)c2c(-c3ccccc3)noc2C)c1. The fraction of sp³-hybridized carbons (Fsp3) is 0.200. The summed E-state index contributed by atoms with van der Waals surface area (Å²) >= 11 is 0. The Hall–Kier alpha value is -3.08. The van der Waals surface area contributed by atoms with Crippen LogP contribution in [0, 0.1) is 6.92 Å². The van der Waals surface area contributed by atoms with Crippen LogP contribution >= 0.6 is 0 Å². The molecule has 3 rings (SSSR count). The van der Waals surface area contributed by atoms with Crippen LogP contribution < -0.4 is 10.1 Å². The van der Waals surface area contributed by atoms with Crippen molar-refractivity contribution in [3.8, 4) is 17.0 Å². The highest BCUT2D eigenvalue weighted by molar-refractivity contribution is 6.00. The van der Waals surface area contributed by atoms with E-state index in [1.54, 1.807) is 14.0 Å². The van der Waals surface area contributed by atoms with Crippen LogP contribution in [0.5, 0.6) is 5.75 Å². The van der Waals surface area contributed by atoms with Gasteiger partial charge in [-0.05, 0) is 31.5 Å². The Balaban J connectivity index is 1.85. The van der Waals surface area contributed by atoms with Gasteiger partial charge < -0.3 is 14.6 Å². The lowest BCUT2D eigenvalue weighted by molar-refractivity contribution is 0.0939. The summed E-state index contributed by atoms with van der Waals surface area (Å²) in [5.41, 5.74) is 2.82. The number of rotatable bonds is 5. The van der Waals surface area contributed by atoms with Gasteiger partial charge in [-0.3, -0.25) is 4.79 Å². The number of carbonyl (C=O) groups excluding carboxylic acids is 1. The molecular formula is C20H20N2O3. The van der Waals surface area contributed by atoms with E-state index in [2.05, 4.69) is 10.5 Å². The van der Waals surface area contributed by atoms with Gasteiger partial charge in [0.05, 0.1) is 13.2 Å². The minimum Gasteiger partial charge on any atom is -0.497 e. The fourth-order valence-electron chi connectivity index (χ4n) is 2.70. The largest absolute Gasteiger partial charge is 0.497 e. The average Bonchev–Trinajstić information content (AvgIpc) is 3.04. The molecule has 1 aromatic heterocycles. The Morgan fingerprint density at radius 3 is 2.64 bits per heavy atom. The zero-order valence-corrected chi connectivity index (χ0v) is 14.4. The van der Waals surface area contributed by atoms with Crippen LogP contribution in [0.4, 0.5) is 0 Å². The van der Waals surface area contributed by atoms with E-state index in [-0.39, 0.29) is 11.9 Å².